The number of nitriles is 1. The highest BCUT2D eigenvalue weighted by Crippen LogP contribution is 2.29. The van der Waals surface area contributed by atoms with Gasteiger partial charge in [-0.15, -0.1) is 0 Å². The fourth-order valence-corrected chi connectivity index (χ4v) is 3.42. The molecule has 0 bridgehead atoms. The van der Waals surface area contributed by atoms with E-state index in [4.69, 9.17) is 22.6 Å². The molecule has 0 saturated carbocycles. The van der Waals surface area contributed by atoms with Crippen LogP contribution in [0.25, 0.3) is 0 Å². The maximum absolute atomic E-state index is 13.7. The molecule has 0 atom stereocenters. The van der Waals surface area contributed by atoms with E-state index >= 15 is 0 Å². The summed E-state index contributed by atoms with van der Waals surface area (Å²) in [6, 6.07) is 9.35. The summed E-state index contributed by atoms with van der Waals surface area (Å²) in [6.45, 7) is 0. The molecule has 0 fully saturated rings. The monoisotopic (exact) mass is 325 g/mol. The van der Waals surface area contributed by atoms with Gasteiger partial charge in [0.25, 0.3) is 10.0 Å². The van der Waals surface area contributed by atoms with Gasteiger partial charge in [0.1, 0.15) is 10.7 Å². The molecule has 21 heavy (non-hydrogen) atoms. The minimum Gasteiger partial charge on any atom is -0.398 e. The van der Waals surface area contributed by atoms with Crippen molar-refractivity contribution in [1.82, 2.24) is 0 Å². The van der Waals surface area contributed by atoms with Crippen LogP contribution in [0.2, 0.25) is 5.02 Å². The number of benzene rings is 2. The van der Waals surface area contributed by atoms with Crippen molar-refractivity contribution in [3.63, 3.8) is 0 Å². The fourth-order valence-electron chi connectivity index (χ4n) is 1.67. The maximum atomic E-state index is 13.7. The smallest absolute Gasteiger partial charge is 0.265 e. The molecule has 8 heteroatoms. The average Bonchev–Trinajstić information content (AvgIpc) is 2.40. The number of nitrogens with two attached hydrogens (primary N) is 1. The van der Waals surface area contributed by atoms with Gasteiger partial charge in [-0.3, -0.25) is 4.72 Å². The van der Waals surface area contributed by atoms with E-state index in [9.17, 15) is 12.8 Å². The average molecular weight is 326 g/mol. The van der Waals surface area contributed by atoms with E-state index in [0.29, 0.717) is 0 Å². The number of anilines is 2. The van der Waals surface area contributed by atoms with Crippen molar-refractivity contribution >= 4 is 33.0 Å². The molecule has 0 spiro atoms. The van der Waals surface area contributed by atoms with E-state index in [1.165, 1.54) is 24.3 Å². The van der Waals surface area contributed by atoms with E-state index in [-0.39, 0.29) is 26.9 Å². The number of hydrogen-bond donors (Lipinski definition) is 2. The molecular weight excluding hydrogens is 317 g/mol. The van der Waals surface area contributed by atoms with Crippen LogP contribution >= 0.6 is 11.6 Å². The summed E-state index contributed by atoms with van der Waals surface area (Å²) in [5.74, 6) is -0.872. The quantitative estimate of drug-likeness (QED) is 0.848. The highest BCUT2D eigenvalue weighted by molar-refractivity contribution is 7.93. The first-order chi connectivity index (χ1) is 9.85. The molecule has 3 N–H and O–H groups in total. The number of nitrogen functional groups attached to an aromatic ring is 1. The second-order valence-electron chi connectivity index (χ2n) is 4.07. The van der Waals surface area contributed by atoms with Crippen LogP contribution in [0.1, 0.15) is 5.56 Å². The van der Waals surface area contributed by atoms with Gasteiger partial charge >= 0.3 is 0 Å². The second kappa shape index (κ2) is 5.60. The SMILES string of the molecule is N#Cc1ccc(NS(=O)(=O)c2c(N)cccc2Cl)c(F)c1. The number of halogens is 2. The van der Waals surface area contributed by atoms with Crippen molar-refractivity contribution in [3.8, 4) is 6.07 Å². The summed E-state index contributed by atoms with van der Waals surface area (Å²) in [5, 5.41) is 8.57. The lowest BCUT2D eigenvalue weighted by molar-refractivity contribution is 0.599. The van der Waals surface area contributed by atoms with Gasteiger partial charge in [0, 0.05) is 0 Å². The molecular formula is C13H9ClFN3O2S. The molecule has 0 radical (unpaired) electrons. The third-order valence-electron chi connectivity index (χ3n) is 2.61. The van der Waals surface area contributed by atoms with E-state index in [1.54, 1.807) is 6.07 Å². The molecule has 0 aromatic heterocycles. The van der Waals surface area contributed by atoms with Crippen LogP contribution in [0.5, 0.6) is 0 Å². The number of rotatable bonds is 3. The number of nitrogens with one attached hydrogen (secondary N) is 1. The van der Waals surface area contributed by atoms with E-state index in [2.05, 4.69) is 4.72 Å². The van der Waals surface area contributed by atoms with Gasteiger partial charge in [0.2, 0.25) is 0 Å². The number of sulfonamides is 1. The standard InChI is InChI=1S/C13H9ClFN3O2S/c14-9-2-1-3-11(17)13(9)21(19,20)18-12-5-4-8(7-16)6-10(12)15/h1-6,18H,17H2. The van der Waals surface area contributed by atoms with Gasteiger partial charge < -0.3 is 5.73 Å². The van der Waals surface area contributed by atoms with Crippen molar-refractivity contribution in [2.75, 3.05) is 10.5 Å². The molecule has 2 aromatic rings. The van der Waals surface area contributed by atoms with Gasteiger partial charge in [-0.1, -0.05) is 17.7 Å². The summed E-state index contributed by atoms with van der Waals surface area (Å²) in [5.41, 5.74) is 5.33. The highest BCUT2D eigenvalue weighted by Gasteiger charge is 2.22. The normalized spacial score (nSPS) is 10.9. The Balaban J connectivity index is 2.46. The molecule has 2 aromatic carbocycles. The van der Waals surface area contributed by atoms with Crippen LogP contribution in [0.15, 0.2) is 41.3 Å². The lowest BCUT2D eigenvalue weighted by atomic mass is 10.2. The Morgan fingerprint density at radius 1 is 1.29 bits per heavy atom. The van der Waals surface area contributed by atoms with E-state index in [1.807, 2.05) is 0 Å². The molecule has 108 valence electrons. The van der Waals surface area contributed by atoms with E-state index in [0.717, 1.165) is 12.1 Å². The van der Waals surface area contributed by atoms with Gasteiger partial charge in [0.15, 0.2) is 0 Å². The second-order valence-corrected chi connectivity index (χ2v) is 6.10. The van der Waals surface area contributed by atoms with Crippen molar-refractivity contribution in [2.45, 2.75) is 4.90 Å². The Labute approximate surface area is 125 Å². The van der Waals surface area contributed by atoms with Crippen molar-refractivity contribution in [2.24, 2.45) is 0 Å². The first-order valence-corrected chi connectivity index (χ1v) is 7.48. The van der Waals surface area contributed by atoms with Crippen LogP contribution in [0, 0.1) is 17.1 Å². The first kappa shape index (κ1) is 15.1. The molecule has 0 amide bonds. The van der Waals surface area contributed by atoms with Gasteiger partial charge in [-0.2, -0.15) is 5.26 Å². The molecule has 5 nitrogen and oxygen atoms in total. The number of hydrogen-bond acceptors (Lipinski definition) is 4. The van der Waals surface area contributed by atoms with Crippen molar-refractivity contribution in [1.29, 1.82) is 5.26 Å². The lowest BCUT2D eigenvalue weighted by Crippen LogP contribution is -2.16. The summed E-state index contributed by atoms with van der Waals surface area (Å²) in [7, 11) is -4.15. The molecule has 0 aliphatic carbocycles. The summed E-state index contributed by atoms with van der Waals surface area (Å²) >= 11 is 5.83. The third-order valence-corrected chi connectivity index (χ3v) is 4.52. The molecule has 2 rings (SSSR count). The topological polar surface area (TPSA) is 96.0 Å². The minimum absolute atomic E-state index is 0.0518. The Morgan fingerprint density at radius 2 is 2.00 bits per heavy atom. The zero-order chi connectivity index (χ0) is 15.6. The predicted octanol–water partition coefficient (Wildman–Crippen LogP) is 2.73. The molecule has 0 unspecified atom stereocenters. The van der Waals surface area contributed by atoms with E-state index < -0.39 is 15.8 Å². The summed E-state index contributed by atoms with van der Waals surface area (Å²) in [4.78, 5) is -0.324. The van der Waals surface area contributed by atoms with Crippen LogP contribution in [-0.4, -0.2) is 8.42 Å². The lowest BCUT2D eigenvalue weighted by Gasteiger charge is -2.12. The highest BCUT2D eigenvalue weighted by atomic mass is 35.5. The number of nitrogens with zero attached hydrogens (tertiary/aromatic N) is 1. The maximum Gasteiger partial charge on any atom is 0.265 e. The van der Waals surface area contributed by atoms with Gasteiger partial charge in [-0.05, 0) is 30.3 Å². The third kappa shape index (κ3) is 3.07. The fraction of sp³-hybridized carbons (Fsp3) is 0. The van der Waals surface area contributed by atoms with Crippen LogP contribution in [-0.2, 0) is 10.0 Å². The minimum atomic E-state index is -4.15. The van der Waals surface area contributed by atoms with Crippen molar-refractivity contribution in [3.05, 3.63) is 52.8 Å². The van der Waals surface area contributed by atoms with Crippen LogP contribution in [0.3, 0.4) is 0 Å². The first-order valence-electron chi connectivity index (χ1n) is 5.61. The molecule has 0 aliphatic heterocycles. The molecule has 0 aliphatic rings. The molecule has 0 heterocycles. The predicted molar refractivity (Wildman–Crippen MR) is 77.8 cm³/mol. The summed E-state index contributed by atoms with van der Waals surface area (Å²) < 4.78 is 40.3. The van der Waals surface area contributed by atoms with Gasteiger partial charge in [0.05, 0.1) is 28.0 Å². The Kier molecular flexibility index (Phi) is 4.02. The van der Waals surface area contributed by atoms with Crippen LogP contribution in [0.4, 0.5) is 15.8 Å². The Hall–Kier alpha value is -2.30. The Bertz CT molecular complexity index is 827. The zero-order valence-electron chi connectivity index (χ0n) is 10.5. The van der Waals surface area contributed by atoms with Crippen molar-refractivity contribution < 1.29 is 12.8 Å². The summed E-state index contributed by atoms with van der Waals surface area (Å²) in [6.07, 6.45) is 0. The zero-order valence-corrected chi connectivity index (χ0v) is 12.0. The van der Waals surface area contributed by atoms with Gasteiger partial charge in [-0.25, -0.2) is 12.8 Å². The largest absolute Gasteiger partial charge is 0.398 e. The van der Waals surface area contributed by atoms with Crippen LogP contribution < -0.4 is 10.5 Å². The molecule has 0 saturated heterocycles. The Morgan fingerprint density at radius 3 is 2.57 bits per heavy atom.